The van der Waals surface area contributed by atoms with Gasteiger partial charge < -0.3 is 25.0 Å². The van der Waals surface area contributed by atoms with Gasteiger partial charge in [0.15, 0.2) is 10.7 Å². The molecule has 2 aromatic heterocycles. The third-order valence-corrected chi connectivity index (χ3v) is 7.81. The summed E-state index contributed by atoms with van der Waals surface area (Å²) in [4.78, 5) is 34.9. The number of hydrogen-bond acceptors (Lipinski definition) is 14. The topological polar surface area (TPSA) is 184 Å². The number of nitrogens with two attached hydrogens (primary N) is 1. The van der Waals surface area contributed by atoms with E-state index in [0.717, 1.165) is 11.8 Å². The predicted octanol–water partition coefficient (Wildman–Crippen LogP) is -3.64. The maximum atomic E-state index is 13.1. The van der Waals surface area contributed by atoms with E-state index in [1.807, 2.05) is 0 Å². The minimum absolute atomic E-state index is 0. The van der Waals surface area contributed by atoms with Gasteiger partial charge in [0.05, 0.1) is 11.3 Å². The average Bonchev–Trinajstić information content (AvgIpc) is 3.55. The van der Waals surface area contributed by atoms with Crippen molar-refractivity contribution in [3.05, 3.63) is 47.6 Å². The van der Waals surface area contributed by atoms with Crippen molar-refractivity contribution >= 4 is 63.9 Å². The van der Waals surface area contributed by atoms with Crippen LogP contribution in [0.2, 0.25) is 0 Å². The molecule has 0 spiro atoms. The molecule has 5 heterocycles. The van der Waals surface area contributed by atoms with E-state index < -0.39 is 33.3 Å². The van der Waals surface area contributed by atoms with Crippen molar-refractivity contribution in [2.24, 2.45) is 10.9 Å². The van der Waals surface area contributed by atoms with Crippen molar-refractivity contribution in [3.8, 4) is 11.6 Å². The fraction of sp³-hybridized carbons (Fsp3) is 0.250. The zero-order chi connectivity index (χ0) is 25.4. The number of pyridine rings is 1. The Labute approximate surface area is 246 Å². The van der Waals surface area contributed by atoms with Crippen molar-refractivity contribution < 1.29 is 53.5 Å². The van der Waals surface area contributed by atoms with Crippen LogP contribution in [0.4, 0.5) is 0 Å². The summed E-state index contributed by atoms with van der Waals surface area (Å²) in [7, 11) is 1.28. The Hall–Kier alpha value is -2.47. The third-order valence-electron chi connectivity index (χ3n) is 5.38. The van der Waals surface area contributed by atoms with E-state index in [-0.39, 0.29) is 58.5 Å². The standard InChI is InChI=1S/C20H18N8O5S3.Na/c1-32-27-13(20(21)23-6-7-36-20)14(29)24-11-17(30)28-12(19(31)34)9(8-35-18(11)28)15-25-26-16(33-15)10-4-2-3-5-22-10;/h2-7,11,18,23H,8,21H2,1H3,(H,24,29)(H,31,34);/q;+1/p-1/t11-,18-,20?;/m1./s1. The van der Waals surface area contributed by atoms with Gasteiger partial charge in [-0.05, 0) is 22.6 Å². The number of oxime groups is 1. The number of rotatable bonds is 7. The summed E-state index contributed by atoms with van der Waals surface area (Å²) in [6.45, 7) is 0. The summed E-state index contributed by atoms with van der Waals surface area (Å²) in [5.74, 6) is -0.756. The number of β-lactam (4-membered cyclic amide) rings is 1. The van der Waals surface area contributed by atoms with Crippen molar-refractivity contribution in [3.63, 3.8) is 0 Å². The maximum absolute atomic E-state index is 13.1. The number of amides is 2. The molecule has 0 aliphatic carbocycles. The van der Waals surface area contributed by atoms with Gasteiger partial charge in [0.2, 0.25) is 5.89 Å². The summed E-state index contributed by atoms with van der Waals surface area (Å²) in [6, 6.07) is 4.28. The van der Waals surface area contributed by atoms with Gasteiger partial charge in [0.1, 0.15) is 24.2 Å². The largest absolute Gasteiger partial charge is 1.00 e. The molecule has 4 N–H and O–H groups in total. The molecule has 5 rings (SSSR count). The van der Waals surface area contributed by atoms with Crippen LogP contribution in [0, 0.1) is 0 Å². The van der Waals surface area contributed by atoms with E-state index in [0.29, 0.717) is 11.3 Å². The van der Waals surface area contributed by atoms with Crippen molar-refractivity contribution in [1.29, 1.82) is 0 Å². The van der Waals surface area contributed by atoms with Gasteiger partial charge in [-0.15, -0.1) is 22.0 Å². The van der Waals surface area contributed by atoms with Crippen molar-refractivity contribution in [2.75, 3.05) is 12.9 Å². The van der Waals surface area contributed by atoms with Crippen molar-refractivity contribution in [1.82, 2.24) is 30.7 Å². The van der Waals surface area contributed by atoms with Crippen LogP contribution in [-0.4, -0.2) is 71.9 Å². The second kappa shape index (κ2) is 11.1. The molecule has 3 aliphatic rings. The van der Waals surface area contributed by atoms with Crippen molar-refractivity contribution in [2.45, 2.75) is 16.4 Å². The van der Waals surface area contributed by atoms with Gasteiger partial charge in [-0.3, -0.25) is 25.2 Å². The van der Waals surface area contributed by atoms with Crippen LogP contribution < -0.4 is 51.0 Å². The Balaban J connectivity index is 0.00000320. The Morgan fingerprint density at radius 2 is 2.22 bits per heavy atom. The fourth-order valence-corrected chi connectivity index (χ4v) is 6.03. The molecule has 0 radical (unpaired) electrons. The van der Waals surface area contributed by atoms with Gasteiger partial charge in [-0.25, -0.2) is 0 Å². The van der Waals surface area contributed by atoms with Gasteiger partial charge >= 0.3 is 29.6 Å². The molecular weight excluding hydrogens is 551 g/mol. The first-order valence-electron chi connectivity index (χ1n) is 10.3. The van der Waals surface area contributed by atoms with Crippen LogP contribution in [-0.2, 0) is 14.4 Å². The molecule has 186 valence electrons. The second-order valence-electron chi connectivity index (χ2n) is 7.53. The number of thiocarbonyl (C=S) groups is 1. The minimum atomic E-state index is -1.36. The number of aromatic nitrogens is 3. The number of fused-ring (bicyclic) bond motifs is 1. The molecule has 1 saturated heterocycles. The molecule has 0 aromatic carbocycles. The Bertz CT molecular complexity index is 1330. The smallest absolute Gasteiger partial charge is 0.863 e. The zero-order valence-electron chi connectivity index (χ0n) is 19.4. The molecule has 2 amide bonds. The van der Waals surface area contributed by atoms with E-state index >= 15 is 0 Å². The van der Waals surface area contributed by atoms with Gasteiger partial charge in [0.25, 0.3) is 17.7 Å². The first-order valence-corrected chi connectivity index (χ1v) is 12.6. The van der Waals surface area contributed by atoms with E-state index in [1.165, 1.54) is 23.8 Å². The van der Waals surface area contributed by atoms with Crippen LogP contribution in [0.3, 0.4) is 0 Å². The first-order chi connectivity index (χ1) is 17.3. The normalized spacial score (nSPS) is 24.5. The molecule has 1 unspecified atom stereocenters. The Morgan fingerprint density at radius 3 is 2.86 bits per heavy atom. The first kappa shape index (κ1) is 27.6. The van der Waals surface area contributed by atoms with Crippen LogP contribution in [0.1, 0.15) is 5.89 Å². The van der Waals surface area contributed by atoms with Gasteiger partial charge in [0, 0.05) is 18.1 Å². The van der Waals surface area contributed by atoms with E-state index in [2.05, 4.69) is 31.0 Å². The number of nitrogens with zero attached hydrogens (tertiary/aromatic N) is 5. The summed E-state index contributed by atoms with van der Waals surface area (Å²) in [5, 5.41) is 30.0. The summed E-state index contributed by atoms with van der Waals surface area (Å²) in [6.07, 6.45) is 3.15. The molecule has 13 nitrogen and oxygen atoms in total. The molecule has 0 saturated carbocycles. The Kier molecular flexibility index (Phi) is 8.27. The third kappa shape index (κ3) is 5.01. The quantitative estimate of drug-likeness (QED) is 0.0978. The molecule has 1 fully saturated rings. The van der Waals surface area contributed by atoms with Gasteiger partial charge in [-0.1, -0.05) is 35.2 Å². The van der Waals surface area contributed by atoms with Crippen LogP contribution >= 0.6 is 35.7 Å². The van der Waals surface area contributed by atoms with Crippen LogP contribution in [0.5, 0.6) is 0 Å². The molecular formula is C20H17N8NaO5S3. The molecule has 3 aliphatic heterocycles. The van der Waals surface area contributed by atoms with E-state index in [4.69, 9.17) is 27.2 Å². The monoisotopic (exact) mass is 568 g/mol. The number of thioether (sulfide) groups is 2. The number of hydrogen-bond donors (Lipinski definition) is 3. The minimum Gasteiger partial charge on any atom is -0.863 e. The summed E-state index contributed by atoms with van der Waals surface area (Å²) < 4.78 is 5.73. The number of carbonyl (C=O) groups is 2. The molecule has 0 bridgehead atoms. The summed E-state index contributed by atoms with van der Waals surface area (Å²) >= 11 is 7.35. The maximum Gasteiger partial charge on any atom is 1.00 e. The van der Waals surface area contributed by atoms with E-state index in [1.54, 1.807) is 36.0 Å². The average molecular weight is 569 g/mol. The fourth-order valence-electron chi connectivity index (χ4n) is 3.75. The van der Waals surface area contributed by atoms with Crippen LogP contribution in [0.15, 0.2) is 51.3 Å². The SMILES string of the molecule is CON=C(C(=O)N[C@@H]1C(=O)N2C(C([O-])=S)=C(c3nnc(-c4ccccn4)o3)CS[C@H]12)C1(N)NC=CS1.[Na+]. The molecule has 2 aromatic rings. The molecule has 3 atom stereocenters. The second-order valence-corrected chi connectivity index (χ2v) is 10.2. The molecule has 37 heavy (non-hydrogen) atoms. The zero-order valence-corrected chi connectivity index (χ0v) is 23.9. The van der Waals surface area contributed by atoms with Crippen LogP contribution in [0.25, 0.3) is 17.2 Å². The number of nitrogens with one attached hydrogen (secondary N) is 2. The predicted molar refractivity (Wildman–Crippen MR) is 133 cm³/mol. The van der Waals surface area contributed by atoms with E-state index in [9.17, 15) is 14.7 Å². The van der Waals surface area contributed by atoms with Gasteiger partial charge in [-0.2, -0.15) is 0 Å². The summed E-state index contributed by atoms with van der Waals surface area (Å²) in [5.41, 5.74) is 6.82. The number of carbonyl (C=O) groups excluding carboxylic acids is 2. The molecule has 17 heteroatoms. The Morgan fingerprint density at radius 1 is 1.43 bits per heavy atom.